The van der Waals surface area contributed by atoms with E-state index in [1.54, 1.807) is 60.4 Å². The second-order valence-electron chi connectivity index (χ2n) is 7.58. The highest BCUT2D eigenvalue weighted by molar-refractivity contribution is 6.32. The Balaban J connectivity index is 1.67. The number of benzene rings is 2. The van der Waals surface area contributed by atoms with Crippen LogP contribution < -0.4 is 0 Å². The van der Waals surface area contributed by atoms with Gasteiger partial charge >= 0.3 is 5.97 Å². The molecule has 8 heteroatoms. The Labute approximate surface area is 190 Å². The van der Waals surface area contributed by atoms with E-state index in [9.17, 15) is 14.0 Å². The number of para-hydroxylation sites is 1. The number of hydrogen-bond acceptors (Lipinski definition) is 4. The number of rotatable bonds is 5. The number of ether oxygens (including phenoxy) is 1. The summed E-state index contributed by atoms with van der Waals surface area (Å²) in [4.78, 5) is 27.2. The van der Waals surface area contributed by atoms with Gasteiger partial charge in [-0.2, -0.15) is 5.10 Å². The van der Waals surface area contributed by atoms with Crippen LogP contribution in [0, 0.1) is 11.7 Å². The summed E-state index contributed by atoms with van der Waals surface area (Å²) in [7, 11) is 0. The van der Waals surface area contributed by atoms with Crippen molar-refractivity contribution in [2.45, 2.75) is 19.8 Å². The Morgan fingerprint density at radius 2 is 1.81 bits per heavy atom. The zero-order valence-corrected chi connectivity index (χ0v) is 18.4. The van der Waals surface area contributed by atoms with Gasteiger partial charge in [0, 0.05) is 18.7 Å². The molecule has 6 nitrogen and oxygen atoms in total. The summed E-state index contributed by atoms with van der Waals surface area (Å²) < 4.78 is 21.0. The minimum atomic E-state index is -0.425. The zero-order chi connectivity index (χ0) is 22.7. The van der Waals surface area contributed by atoms with Crippen LogP contribution in [0.2, 0.25) is 5.02 Å². The highest BCUT2D eigenvalue weighted by Crippen LogP contribution is 2.29. The van der Waals surface area contributed by atoms with Gasteiger partial charge in [-0.05, 0) is 50.1 Å². The van der Waals surface area contributed by atoms with Crippen LogP contribution in [-0.2, 0) is 9.53 Å². The van der Waals surface area contributed by atoms with Crippen molar-refractivity contribution in [2.24, 2.45) is 5.92 Å². The molecule has 1 fully saturated rings. The Bertz CT molecular complexity index is 1140. The summed E-state index contributed by atoms with van der Waals surface area (Å²) in [6, 6.07) is 14.9. The summed E-state index contributed by atoms with van der Waals surface area (Å²) >= 11 is 6.38. The lowest BCUT2D eigenvalue weighted by atomic mass is 9.97. The van der Waals surface area contributed by atoms with Crippen LogP contribution in [0.4, 0.5) is 4.39 Å². The number of carbonyl (C=O) groups excluding carboxylic acids is 2. The van der Waals surface area contributed by atoms with Gasteiger partial charge in [0.25, 0.3) is 5.91 Å². The molecule has 0 aliphatic carbocycles. The van der Waals surface area contributed by atoms with Gasteiger partial charge in [-0.15, -0.1) is 0 Å². The first-order valence-electron chi connectivity index (χ1n) is 10.6. The van der Waals surface area contributed by atoms with E-state index in [-0.39, 0.29) is 23.5 Å². The number of likely N-dealkylation sites (tertiary alicyclic amines) is 1. The van der Waals surface area contributed by atoms with Crippen LogP contribution in [0.3, 0.4) is 0 Å². The number of nitrogens with zero attached hydrogens (tertiary/aromatic N) is 3. The van der Waals surface area contributed by atoms with Gasteiger partial charge in [0.1, 0.15) is 11.5 Å². The molecule has 3 aromatic rings. The molecule has 0 spiro atoms. The summed E-state index contributed by atoms with van der Waals surface area (Å²) in [6.45, 7) is 2.96. The molecule has 1 aromatic heterocycles. The quantitative estimate of drug-likeness (QED) is 0.521. The fourth-order valence-electron chi connectivity index (χ4n) is 3.88. The number of esters is 1. The minimum absolute atomic E-state index is 0.207. The van der Waals surface area contributed by atoms with Crippen LogP contribution in [0.25, 0.3) is 16.9 Å². The van der Waals surface area contributed by atoms with Crippen molar-refractivity contribution in [1.82, 2.24) is 14.7 Å². The molecule has 2 heterocycles. The van der Waals surface area contributed by atoms with Crippen LogP contribution in [-0.4, -0.2) is 46.3 Å². The molecule has 0 saturated carbocycles. The van der Waals surface area contributed by atoms with Crippen molar-refractivity contribution in [3.63, 3.8) is 0 Å². The predicted octanol–water partition coefficient (Wildman–Crippen LogP) is 4.75. The molecule has 32 heavy (non-hydrogen) atoms. The van der Waals surface area contributed by atoms with Crippen molar-refractivity contribution in [1.29, 1.82) is 0 Å². The number of piperidine rings is 1. The van der Waals surface area contributed by atoms with E-state index in [0.717, 1.165) is 0 Å². The molecule has 4 rings (SSSR count). The van der Waals surface area contributed by atoms with Gasteiger partial charge in [-0.1, -0.05) is 35.9 Å². The minimum Gasteiger partial charge on any atom is -0.466 e. The lowest BCUT2D eigenvalue weighted by molar-refractivity contribution is -0.149. The van der Waals surface area contributed by atoms with E-state index in [1.165, 1.54) is 10.7 Å². The third-order valence-corrected chi connectivity index (χ3v) is 5.88. The van der Waals surface area contributed by atoms with E-state index < -0.39 is 5.82 Å². The fraction of sp³-hybridized carbons (Fsp3) is 0.292. The first kappa shape index (κ1) is 22.0. The number of hydrogen-bond donors (Lipinski definition) is 0. The molecule has 0 bridgehead atoms. The fourth-order valence-corrected chi connectivity index (χ4v) is 4.10. The van der Waals surface area contributed by atoms with Crippen LogP contribution in [0.15, 0.2) is 54.6 Å². The maximum atomic E-state index is 14.4. The predicted molar refractivity (Wildman–Crippen MR) is 119 cm³/mol. The largest absolute Gasteiger partial charge is 0.466 e. The summed E-state index contributed by atoms with van der Waals surface area (Å²) in [5, 5.41) is 4.95. The van der Waals surface area contributed by atoms with Gasteiger partial charge in [0.15, 0.2) is 0 Å². The van der Waals surface area contributed by atoms with E-state index >= 15 is 0 Å². The summed E-state index contributed by atoms with van der Waals surface area (Å²) in [5.41, 5.74) is 1.45. The molecule has 1 aliphatic rings. The molecule has 1 amide bonds. The molecule has 1 saturated heterocycles. The number of carbonyl (C=O) groups is 2. The van der Waals surface area contributed by atoms with Crippen LogP contribution in [0.1, 0.15) is 30.3 Å². The van der Waals surface area contributed by atoms with Gasteiger partial charge in [0.05, 0.1) is 28.9 Å². The van der Waals surface area contributed by atoms with E-state index in [0.29, 0.717) is 54.5 Å². The Kier molecular flexibility index (Phi) is 6.55. The zero-order valence-electron chi connectivity index (χ0n) is 17.6. The Hall–Kier alpha value is -3.19. The third-order valence-electron chi connectivity index (χ3n) is 5.56. The van der Waals surface area contributed by atoms with Crippen molar-refractivity contribution in [3.05, 3.63) is 71.1 Å². The van der Waals surface area contributed by atoms with Crippen LogP contribution >= 0.6 is 11.6 Å². The van der Waals surface area contributed by atoms with Crippen molar-refractivity contribution in [2.75, 3.05) is 19.7 Å². The number of amides is 1. The lowest BCUT2D eigenvalue weighted by Gasteiger charge is -2.30. The molecule has 2 aromatic carbocycles. The van der Waals surface area contributed by atoms with Gasteiger partial charge < -0.3 is 9.64 Å². The second-order valence-corrected chi connectivity index (χ2v) is 7.98. The normalized spacial score (nSPS) is 14.4. The van der Waals surface area contributed by atoms with Gasteiger partial charge in [0.2, 0.25) is 0 Å². The van der Waals surface area contributed by atoms with E-state index in [2.05, 4.69) is 5.10 Å². The molecule has 1 aliphatic heterocycles. The van der Waals surface area contributed by atoms with Gasteiger partial charge in [-0.3, -0.25) is 9.59 Å². The average Bonchev–Trinajstić information content (AvgIpc) is 3.24. The molecule has 0 N–H and O–H groups in total. The maximum Gasteiger partial charge on any atom is 0.309 e. The first-order chi connectivity index (χ1) is 15.5. The Morgan fingerprint density at radius 3 is 2.50 bits per heavy atom. The average molecular weight is 456 g/mol. The van der Waals surface area contributed by atoms with Gasteiger partial charge in [-0.25, -0.2) is 9.07 Å². The second kappa shape index (κ2) is 9.53. The monoisotopic (exact) mass is 455 g/mol. The Morgan fingerprint density at radius 1 is 1.12 bits per heavy atom. The standard InChI is InChI=1S/C24H23ClFN3O3/c1-2-32-24(31)16-11-13-28(14-12-16)23(30)22-15-20(17-7-3-5-9-19(17)26)27-29(22)21-10-6-4-8-18(21)25/h3-10,15-16H,2,11-14H2,1H3. The third kappa shape index (κ3) is 4.39. The van der Waals surface area contributed by atoms with Crippen molar-refractivity contribution >= 4 is 23.5 Å². The van der Waals surface area contributed by atoms with Crippen molar-refractivity contribution in [3.8, 4) is 16.9 Å². The van der Waals surface area contributed by atoms with E-state index in [4.69, 9.17) is 16.3 Å². The smallest absolute Gasteiger partial charge is 0.309 e. The molecule has 0 unspecified atom stereocenters. The number of halogens is 2. The topological polar surface area (TPSA) is 64.4 Å². The van der Waals surface area contributed by atoms with Crippen LogP contribution in [0.5, 0.6) is 0 Å². The SMILES string of the molecule is CCOC(=O)C1CCN(C(=O)c2cc(-c3ccccc3F)nn2-c2ccccc2Cl)CC1. The number of aromatic nitrogens is 2. The highest BCUT2D eigenvalue weighted by atomic mass is 35.5. The molecular formula is C24H23ClFN3O3. The lowest BCUT2D eigenvalue weighted by Crippen LogP contribution is -2.41. The molecule has 0 radical (unpaired) electrons. The molecule has 166 valence electrons. The van der Waals surface area contributed by atoms with Crippen molar-refractivity contribution < 1.29 is 18.7 Å². The molecule has 0 atom stereocenters. The first-order valence-corrected chi connectivity index (χ1v) is 10.9. The summed E-state index contributed by atoms with van der Waals surface area (Å²) in [6.07, 6.45) is 1.07. The maximum absolute atomic E-state index is 14.4. The molecular weight excluding hydrogens is 433 g/mol. The summed E-state index contributed by atoms with van der Waals surface area (Å²) in [5.74, 6) is -1.10. The highest BCUT2D eigenvalue weighted by Gasteiger charge is 2.31. The van der Waals surface area contributed by atoms with E-state index in [1.807, 2.05) is 0 Å².